The Hall–Kier alpha value is -6.60. The highest BCUT2D eigenvalue weighted by atomic mass is 19.4. The molecule has 1 aliphatic heterocycles. The largest absolute Gasteiger partial charge is 0.497 e. The number of fused-ring (bicyclic) bond motifs is 8. The molecular formula is C60H56F3NO3. The van der Waals surface area contributed by atoms with E-state index in [4.69, 9.17) is 9.47 Å². The van der Waals surface area contributed by atoms with Crippen LogP contribution in [0.4, 0.5) is 18.9 Å². The molecule has 67 heavy (non-hydrogen) atoms. The first-order valence-electron chi connectivity index (χ1n) is 23.9. The van der Waals surface area contributed by atoms with E-state index in [2.05, 4.69) is 80.7 Å². The summed E-state index contributed by atoms with van der Waals surface area (Å²) in [6.45, 7) is 7.03. The molecule has 0 spiro atoms. The predicted octanol–water partition coefficient (Wildman–Crippen LogP) is 16.4. The van der Waals surface area contributed by atoms with Crippen LogP contribution in [0.15, 0.2) is 140 Å². The lowest BCUT2D eigenvalue weighted by Crippen LogP contribution is -2.20. The predicted molar refractivity (Wildman–Crippen MR) is 266 cm³/mol. The second-order valence-corrected chi connectivity index (χ2v) is 19.2. The third-order valence-corrected chi connectivity index (χ3v) is 14.8. The molecule has 0 bridgehead atoms. The van der Waals surface area contributed by atoms with Gasteiger partial charge in [-0.2, -0.15) is 13.2 Å². The molecule has 2 aliphatic carbocycles. The van der Waals surface area contributed by atoms with Gasteiger partial charge in [0.15, 0.2) is 0 Å². The van der Waals surface area contributed by atoms with Gasteiger partial charge in [-0.3, -0.25) is 4.79 Å². The number of nitrogens with one attached hydrogen (secondary N) is 1. The summed E-state index contributed by atoms with van der Waals surface area (Å²) >= 11 is 0. The number of benzene rings is 7. The lowest BCUT2D eigenvalue weighted by atomic mass is 9.76. The molecule has 1 amide bonds. The van der Waals surface area contributed by atoms with Crippen molar-refractivity contribution in [2.75, 3.05) is 19.0 Å². The van der Waals surface area contributed by atoms with E-state index in [-0.39, 0.29) is 11.3 Å². The number of carbonyl (C=O) groups excluding carboxylic acids is 1. The minimum atomic E-state index is -4.70. The summed E-state index contributed by atoms with van der Waals surface area (Å²) in [5, 5.41) is 4.68. The maximum atomic E-state index is 15.1. The summed E-state index contributed by atoms with van der Waals surface area (Å²) in [6, 6.07) is 41.9. The quantitative estimate of drug-likeness (QED) is 0.132. The van der Waals surface area contributed by atoms with Gasteiger partial charge < -0.3 is 14.8 Å². The summed E-state index contributed by atoms with van der Waals surface area (Å²) in [6.07, 6.45) is 7.85. The van der Waals surface area contributed by atoms with Crippen molar-refractivity contribution in [1.29, 1.82) is 0 Å². The number of amides is 1. The van der Waals surface area contributed by atoms with E-state index in [1.807, 2.05) is 48.5 Å². The monoisotopic (exact) mass is 895 g/mol. The molecule has 7 aromatic rings. The highest BCUT2D eigenvalue weighted by Gasteiger charge is 2.42. The van der Waals surface area contributed by atoms with Crippen LogP contribution >= 0.6 is 0 Å². The van der Waals surface area contributed by atoms with Crippen molar-refractivity contribution in [3.05, 3.63) is 178 Å². The van der Waals surface area contributed by atoms with Gasteiger partial charge in [-0.15, -0.1) is 0 Å². The molecule has 1 fully saturated rings. The molecular weight excluding hydrogens is 840 g/mol. The first kappa shape index (κ1) is 44.2. The number of halogens is 3. The van der Waals surface area contributed by atoms with Gasteiger partial charge in [0.05, 0.1) is 12.7 Å². The van der Waals surface area contributed by atoms with Crippen LogP contribution in [0.2, 0.25) is 0 Å². The average Bonchev–Trinajstić information content (AvgIpc) is 3.59. The fourth-order valence-electron chi connectivity index (χ4n) is 11.2. The van der Waals surface area contributed by atoms with E-state index in [9.17, 15) is 4.79 Å². The maximum absolute atomic E-state index is 15.1. The number of alkyl halides is 3. The van der Waals surface area contributed by atoms with Crippen LogP contribution in [0.1, 0.15) is 122 Å². The van der Waals surface area contributed by atoms with E-state index in [0.29, 0.717) is 23.7 Å². The number of methoxy groups -OCH3 is 1. The van der Waals surface area contributed by atoms with Crippen LogP contribution in [0, 0.1) is 5.92 Å². The zero-order valence-corrected chi connectivity index (χ0v) is 38.7. The SMILES string of the molecule is CCCCCC1CCC(c2ccc(-c3ccc(C(=O)Nc4ccc(-c5ccc6c(c5)-c5c(c7c(c8ccccc58)OCC=C7c5ccc(OC)cc5)C6(C)C)c(C(F)(F)F)c4)cc3)cc2)CC1. The van der Waals surface area contributed by atoms with E-state index in [1.165, 1.54) is 63.0 Å². The van der Waals surface area contributed by atoms with Gasteiger partial charge in [0.1, 0.15) is 18.1 Å². The molecule has 7 heteroatoms. The van der Waals surface area contributed by atoms with Crippen molar-refractivity contribution < 1.29 is 27.4 Å². The molecule has 0 aromatic heterocycles. The molecule has 0 radical (unpaired) electrons. The Morgan fingerprint density at radius 3 is 2.09 bits per heavy atom. The van der Waals surface area contributed by atoms with Gasteiger partial charge >= 0.3 is 6.18 Å². The Labute approximate surface area is 391 Å². The van der Waals surface area contributed by atoms with Crippen molar-refractivity contribution in [3.8, 4) is 44.9 Å². The molecule has 7 aromatic carbocycles. The van der Waals surface area contributed by atoms with Gasteiger partial charge in [-0.05, 0) is 153 Å². The smallest absolute Gasteiger partial charge is 0.417 e. The molecule has 0 saturated heterocycles. The second kappa shape index (κ2) is 17.9. The van der Waals surface area contributed by atoms with Crippen molar-refractivity contribution in [2.45, 2.75) is 89.6 Å². The molecule has 0 unspecified atom stereocenters. The molecule has 10 rings (SSSR count). The molecule has 1 saturated carbocycles. The molecule has 4 nitrogen and oxygen atoms in total. The lowest BCUT2D eigenvalue weighted by molar-refractivity contribution is -0.137. The number of hydrogen-bond donors (Lipinski definition) is 1. The Morgan fingerprint density at radius 1 is 0.731 bits per heavy atom. The summed E-state index contributed by atoms with van der Waals surface area (Å²) in [5.41, 5.74) is 10.0. The van der Waals surface area contributed by atoms with Crippen LogP contribution in [0.3, 0.4) is 0 Å². The van der Waals surface area contributed by atoms with E-state index in [1.54, 1.807) is 31.4 Å². The second-order valence-electron chi connectivity index (χ2n) is 19.2. The van der Waals surface area contributed by atoms with Crippen LogP contribution in [-0.2, 0) is 11.6 Å². The van der Waals surface area contributed by atoms with Crippen LogP contribution in [-0.4, -0.2) is 19.6 Å². The standard InChI is InChI=1S/C60H56F3NO3/c1-5-6-7-10-37-13-15-38(16-14-37)39-17-19-40(20-18-39)41-21-23-43(24-22-41)58(65)64-45-28-31-47(53(36-45)60(61,62)63)44-27-32-52-51(35-44)54-49-11-8-9-12-50(49)57-55(56(54)59(52,2)3)48(33-34-67-57)42-25-29-46(66-4)30-26-42/h8-9,11-12,17-33,35-38H,5-7,10,13-16,34H2,1-4H3,(H,64,65). The third kappa shape index (κ3) is 8.32. The van der Waals surface area contributed by atoms with Crippen molar-refractivity contribution in [1.82, 2.24) is 0 Å². The number of rotatable bonds is 11. The average molecular weight is 896 g/mol. The summed E-state index contributed by atoms with van der Waals surface area (Å²) in [5.74, 6) is 2.56. The zero-order valence-electron chi connectivity index (χ0n) is 38.7. The number of carbonyl (C=O) groups is 1. The molecule has 3 aliphatic rings. The molecule has 0 atom stereocenters. The maximum Gasteiger partial charge on any atom is 0.417 e. The van der Waals surface area contributed by atoms with E-state index >= 15 is 13.2 Å². The molecule has 1 heterocycles. The Bertz CT molecular complexity index is 3010. The Morgan fingerprint density at radius 2 is 1.40 bits per heavy atom. The van der Waals surface area contributed by atoms with Crippen molar-refractivity contribution >= 4 is 27.9 Å². The Balaban J connectivity index is 0.914. The third-order valence-electron chi connectivity index (χ3n) is 14.8. The highest BCUT2D eigenvalue weighted by molar-refractivity contribution is 6.11. The minimum Gasteiger partial charge on any atom is -0.497 e. The van der Waals surface area contributed by atoms with Gasteiger partial charge in [-0.25, -0.2) is 0 Å². The number of anilines is 1. The summed E-state index contributed by atoms with van der Waals surface area (Å²) in [7, 11) is 1.65. The van der Waals surface area contributed by atoms with Gasteiger partial charge in [0.2, 0.25) is 0 Å². The van der Waals surface area contributed by atoms with Crippen molar-refractivity contribution in [2.24, 2.45) is 5.92 Å². The van der Waals surface area contributed by atoms with Crippen molar-refractivity contribution in [3.63, 3.8) is 0 Å². The minimum absolute atomic E-state index is 0.0365. The first-order valence-corrected chi connectivity index (χ1v) is 23.9. The normalized spacial score (nSPS) is 17.2. The van der Waals surface area contributed by atoms with Crippen LogP contribution in [0.25, 0.3) is 49.7 Å². The molecule has 340 valence electrons. The van der Waals surface area contributed by atoms with Gasteiger partial charge in [0, 0.05) is 27.6 Å². The summed E-state index contributed by atoms with van der Waals surface area (Å²) < 4.78 is 57.3. The fraction of sp³-hybridized carbons (Fsp3) is 0.283. The fourth-order valence-corrected chi connectivity index (χ4v) is 11.2. The summed E-state index contributed by atoms with van der Waals surface area (Å²) in [4.78, 5) is 13.5. The van der Waals surface area contributed by atoms with E-state index < -0.39 is 23.1 Å². The van der Waals surface area contributed by atoms with E-state index in [0.717, 1.165) is 84.3 Å². The van der Waals surface area contributed by atoms with Gasteiger partial charge in [-0.1, -0.05) is 137 Å². The number of unbranched alkanes of at least 4 members (excludes halogenated alkanes) is 2. The first-order chi connectivity index (χ1) is 32.4. The number of hydrogen-bond acceptors (Lipinski definition) is 3. The highest BCUT2D eigenvalue weighted by Crippen LogP contribution is 2.59. The number of ether oxygens (including phenoxy) is 2. The lowest BCUT2D eigenvalue weighted by Gasteiger charge is -2.30. The van der Waals surface area contributed by atoms with Gasteiger partial charge in [0.25, 0.3) is 5.91 Å². The zero-order chi connectivity index (χ0) is 46.5. The topological polar surface area (TPSA) is 47.6 Å². The molecule has 1 N–H and O–H groups in total. The van der Waals surface area contributed by atoms with Crippen LogP contribution < -0.4 is 14.8 Å². The van der Waals surface area contributed by atoms with Crippen LogP contribution in [0.5, 0.6) is 11.5 Å². The Kier molecular flexibility index (Phi) is 11.8.